The maximum Gasteiger partial charge on any atom is 0.188 e. The summed E-state index contributed by atoms with van der Waals surface area (Å²) >= 11 is 0. The molecule has 0 unspecified atom stereocenters. The molecule has 0 aromatic carbocycles. The predicted octanol–water partition coefficient (Wildman–Crippen LogP) is 3.98. The van der Waals surface area contributed by atoms with Crippen molar-refractivity contribution in [1.29, 1.82) is 5.41 Å². The summed E-state index contributed by atoms with van der Waals surface area (Å²) in [5, 5.41) is 18.0. The van der Waals surface area contributed by atoms with E-state index in [2.05, 4.69) is 16.0 Å². The van der Waals surface area contributed by atoms with E-state index in [0.29, 0.717) is 12.0 Å². The number of carbonyl (C=O) groups excluding carboxylic acids is 1. The standard InChI is InChI=1S/C23H42N4O/c1-25-22(24)27-23(17-28,13-12-18-6-3-2-4-7-18)15-20-8-5-9-21(14-20)26-16-19-10-11-19/h17-21,26H,2-16H2,1H3,(H3,24,25,27)/t20-,21-,23-/m1/s1. The van der Waals surface area contributed by atoms with Crippen LogP contribution in [0.5, 0.6) is 0 Å². The Hall–Kier alpha value is -1.10. The van der Waals surface area contributed by atoms with Gasteiger partial charge >= 0.3 is 0 Å². The van der Waals surface area contributed by atoms with Gasteiger partial charge in [0, 0.05) is 13.1 Å². The molecule has 3 aliphatic carbocycles. The molecule has 3 atom stereocenters. The van der Waals surface area contributed by atoms with Crippen LogP contribution in [0, 0.1) is 23.2 Å². The van der Waals surface area contributed by atoms with Crippen LogP contribution in [-0.2, 0) is 4.79 Å². The van der Waals surface area contributed by atoms with Gasteiger partial charge in [0.2, 0.25) is 0 Å². The molecule has 28 heavy (non-hydrogen) atoms. The van der Waals surface area contributed by atoms with Gasteiger partial charge in [0.15, 0.2) is 5.96 Å². The zero-order valence-corrected chi connectivity index (χ0v) is 17.9. The molecule has 3 saturated carbocycles. The van der Waals surface area contributed by atoms with Crippen molar-refractivity contribution in [2.24, 2.45) is 17.8 Å². The molecule has 0 bridgehead atoms. The monoisotopic (exact) mass is 390 g/mol. The van der Waals surface area contributed by atoms with Crippen molar-refractivity contribution in [2.75, 3.05) is 13.6 Å². The Kier molecular flexibility index (Phi) is 8.19. The van der Waals surface area contributed by atoms with E-state index in [4.69, 9.17) is 5.41 Å². The molecule has 3 fully saturated rings. The first-order valence-corrected chi connectivity index (χ1v) is 11.9. The maximum atomic E-state index is 12.3. The van der Waals surface area contributed by atoms with Gasteiger partial charge in [-0.1, -0.05) is 44.9 Å². The topological polar surface area (TPSA) is 77.0 Å². The summed E-state index contributed by atoms with van der Waals surface area (Å²) in [6.45, 7) is 1.18. The highest BCUT2D eigenvalue weighted by Crippen LogP contribution is 2.35. The lowest BCUT2D eigenvalue weighted by Crippen LogP contribution is -2.54. The summed E-state index contributed by atoms with van der Waals surface area (Å²) in [5.41, 5.74) is -0.583. The van der Waals surface area contributed by atoms with E-state index in [0.717, 1.165) is 37.4 Å². The summed E-state index contributed by atoms with van der Waals surface area (Å²) in [7, 11) is 1.75. The minimum absolute atomic E-state index is 0.273. The van der Waals surface area contributed by atoms with E-state index in [9.17, 15) is 4.79 Å². The minimum atomic E-state index is -0.583. The van der Waals surface area contributed by atoms with Gasteiger partial charge in [0.05, 0.1) is 5.54 Å². The second-order valence-corrected chi connectivity index (χ2v) is 9.85. The first kappa shape index (κ1) is 21.6. The number of nitrogens with one attached hydrogen (secondary N) is 4. The molecule has 4 N–H and O–H groups in total. The molecule has 160 valence electrons. The van der Waals surface area contributed by atoms with Crippen molar-refractivity contribution < 1.29 is 4.79 Å². The van der Waals surface area contributed by atoms with Crippen molar-refractivity contribution >= 4 is 12.2 Å². The second kappa shape index (κ2) is 10.6. The molecule has 0 spiro atoms. The highest BCUT2D eigenvalue weighted by molar-refractivity contribution is 5.81. The Labute approximate surface area is 171 Å². The quantitative estimate of drug-likeness (QED) is 0.258. The van der Waals surface area contributed by atoms with E-state index in [1.807, 2.05) is 0 Å². The lowest BCUT2D eigenvalue weighted by atomic mass is 9.74. The first-order valence-electron chi connectivity index (χ1n) is 11.9. The lowest BCUT2D eigenvalue weighted by molar-refractivity contribution is -0.114. The Morgan fingerprint density at radius 1 is 1.00 bits per heavy atom. The van der Waals surface area contributed by atoms with Gasteiger partial charge in [-0.2, -0.15) is 0 Å². The maximum absolute atomic E-state index is 12.3. The summed E-state index contributed by atoms with van der Waals surface area (Å²) in [4.78, 5) is 12.3. The zero-order chi connectivity index (χ0) is 19.8. The van der Waals surface area contributed by atoms with Gasteiger partial charge in [-0.15, -0.1) is 0 Å². The Balaban J connectivity index is 1.57. The fourth-order valence-corrected chi connectivity index (χ4v) is 5.43. The molecular formula is C23H42N4O. The molecule has 3 rings (SSSR count). The number of aldehydes is 1. The first-order chi connectivity index (χ1) is 13.6. The van der Waals surface area contributed by atoms with Crippen LogP contribution in [0.3, 0.4) is 0 Å². The average molecular weight is 391 g/mol. The second-order valence-electron chi connectivity index (χ2n) is 9.85. The van der Waals surface area contributed by atoms with Gasteiger partial charge in [-0.05, 0) is 69.2 Å². The van der Waals surface area contributed by atoms with Crippen LogP contribution >= 0.6 is 0 Å². The van der Waals surface area contributed by atoms with Crippen molar-refractivity contribution in [3.05, 3.63) is 0 Å². The highest BCUT2D eigenvalue weighted by Gasteiger charge is 2.36. The highest BCUT2D eigenvalue weighted by atomic mass is 16.1. The molecule has 5 nitrogen and oxygen atoms in total. The van der Waals surface area contributed by atoms with Gasteiger partial charge in [0.1, 0.15) is 6.29 Å². The number of hydrogen-bond donors (Lipinski definition) is 4. The molecular weight excluding hydrogens is 348 g/mol. The summed E-state index contributed by atoms with van der Waals surface area (Å²) in [5.74, 6) is 2.52. The van der Waals surface area contributed by atoms with Gasteiger partial charge < -0.3 is 20.7 Å². The van der Waals surface area contributed by atoms with Crippen LogP contribution in [0.2, 0.25) is 0 Å². The number of rotatable bonds is 10. The van der Waals surface area contributed by atoms with Crippen LogP contribution in [0.4, 0.5) is 0 Å². The van der Waals surface area contributed by atoms with E-state index >= 15 is 0 Å². The summed E-state index contributed by atoms with van der Waals surface area (Å²) in [6, 6.07) is 0.616. The molecule has 0 aliphatic heterocycles. The molecule has 0 amide bonds. The number of guanidine groups is 1. The Morgan fingerprint density at radius 2 is 1.75 bits per heavy atom. The van der Waals surface area contributed by atoms with Crippen LogP contribution in [-0.4, -0.2) is 37.4 Å². The fraction of sp³-hybridized carbons (Fsp3) is 0.913. The van der Waals surface area contributed by atoms with E-state index < -0.39 is 5.54 Å². The van der Waals surface area contributed by atoms with Crippen LogP contribution < -0.4 is 16.0 Å². The summed E-state index contributed by atoms with van der Waals surface area (Å²) < 4.78 is 0. The van der Waals surface area contributed by atoms with E-state index in [-0.39, 0.29) is 5.96 Å². The molecule has 3 aliphatic rings. The lowest BCUT2D eigenvalue weighted by Gasteiger charge is -2.38. The minimum Gasteiger partial charge on any atom is -0.360 e. The third-order valence-electron chi connectivity index (χ3n) is 7.40. The molecule has 0 heterocycles. The van der Waals surface area contributed by atoms with Crippen LogP contribution in [0.1, 0.15) is 89.9 Å². The van der Waals surface area contributed by atoms with Crippen molar-refractivity contribution in [2.45, 2.75) is 101 Å². The van der Waals surface area contributed by atoms with Crippen LogP contribution in [0.25, 0.3) is 0 Å². The van der Waals surface area contributed by atoms with Crippen molar-refractivity contribution in [3.8, 4) is 0 Å². The predicted molar refractivity (Wildman–Crippen MR) is 116 cm³/mol. The Bertz CT molecular complexity index is 501. The third-order valence-corrected chi connectivity index (χ3v) is 7.40. The molecule has 0 aromatic rings. The van der Waals surface area contributed by atoms with Crippen molar-refractivity contribution in [3.63, 3.8) is 0 Å². The van der Waals surface area contributed by atoms with Crippen LogP contribution in [0.15, 0.2) is 0 Å². The Morgan fingerprint density at radius 3 is 2.43 bits per heavy atom. The number of hydrogen-bond acceptors (Lipinski definition) is 3. The van der Waals surface area contributed by atoms with Crippen molar-refractivity contribution in [1.82, 2.24) is 16.0 Å². The van der Waals surface area contributed by atoms with E-state index in [1.165, 1.54) is 77.2 Å². The van der Waals surface area contributed by atoms with E-state index in [1.54, 1.807) is 7.05 Å². The fourth-order valence-electron chi connectivity index (χ4n) is 5.43. The molecule has 0 saturated heterocycles. The van der Waals surface area contributed by atoms with Gasteiger partial charge in [0.25, 0.3) is 0 Å². The average Bonchev–Trinajstić information content (AvgIpc) is 3.56. The summed E-state index contributed by atoms with van der Waals surface area (Å²) in [6.07, 6.45) is 18.4. The smallest absolute Gasteiger partial charge is 0.188 e. The number of carbonyl (C=O) groups is 1. The third kappa shape index (κ3) is 6.75. The normalized spacial score (nSPS) is 28.3. The largest absolute Gasteiger partial charge is 0.360 e. The SMILES string of the molecule is CNC(=N)N[C@](C=O)(CCC1CCCCC1)C[C@@H]1CCC[C@@H](NCC2CC2)C1. The molecule has 0 radical (unpaired) electrons. The van der Waals surface area contributed by atoms with Gasteiger partial charge in [-0.3, -0.25) is 5.41 Å². The van der Waals surface area contributed by atoms with Gasteiger partial charge in [-0.25, -0.2) is 0 Å². The molecule has 5 heteroatoms. The molecule has 0 aromatic heterocycles. The zero-order valence-electron chi connectivity index (χ0n) is 17.9.